The van der Waals surface area contributed by atoms with E-state index >= 15 is 0 Å². The Balaban J connectivity index is 2.18. The predicted octanol–water partition coefficient (Wildman–Crippen LogP) is 8.69. The summed E-state index contributed by atoms with van der Waals surface area (Å²) in [6, 6.07) is 12.0. The van der Waals surface area contributed by atoms with E-state index in [0.29, 0.717) is 11.8 Å². The fourth-order valence-electron chi connectivity index (χ4n) is 4.22. The molecule has 0 heterocycles. The molecule has 0 heteroatoms. The van der Waals surface area contributed by atoms with Crippen molar-refractivity contribution in [3.8, 4) is 11.1 Å². The molecule has 28 heavy (non-hydrogen) atoms. The maximum Gasteiger partial charge on any atom is 0.0164 e. The second kappa shape index (κ2) is 9.12. The van der Waals surface area contributed by atoms with Gasteiger partial charge in [0.15, 0.2) is 0 Å². The van der Waals surface area contributed by atoms with E-state index in [1.54, 1.807) is 0 Å². The molecule has 149 valence electrons. The van der Waals surface area contributed by atoms with Crippen LogP contribution in [0.2, 0.25) is 0 Å². The zero-order chi connectivity index (χ0) is 20.3. The molecule has 3 rings (SSSR count). The van der Waals surface area contributed by atoms with Crippen LogP contribution < -0.4 is 0 Å². The Morgan fingerprint density at radius 2 is 1.46 bits per heavy atom. The Hall–Kier alpha value is -1.82. The van der Waals surface area contributed by atoms with Crippen LogP contribution in [0.1, 0.15) is 107 Å². The van der Waals surface area contributed by atoms with Crippen molar-refractivity contribution in [1.82, 2.24) is 0 Å². The highest BCUT2D eigenvalue weighted by atomic mass is 14.2. The summed E-state index contributed by atoms with van der Waals surface area (Å²) < 4.78 is 0. The van der Waals surface area contributed by atoms with Crippen LogP contribution in [0.5, 0.6) is 0 Å². The SMILES string of the molecule is CCCCC1=Cc2c(ccc(CCC)c2-c2cc(C(C)C)cc(C(C)C)c2)[CH]1. The standard InChI is InChI=1S/C28H37/c1-7-9-11-21-14-23-13-12-22(10-8-2)28(27(23)15-21)26-17-24(19(3)4)16-25(18-26)20(5)6/h12-20H,7-11H2,1-6H3. The molecule has 0 atom stereocenters. The van der Waals surface area contributed by atoms with Crippen LogP contribution in [-0.2, 0) is 6.42 Å². The number of fused-ring (bicyclic) bond motifs is 1. The van der Waals surface area contributed by atoms with Crippen LogP contribution in [-0.4, -0.2) is 0 Å². The van der Waals surface area contributed by atoms with E-state index in [1.807, 2.05) is 0 Å². The predicted molar refractivity (Wildman–Crippen MR) is 125 cm³/mol. The number of hydrogen-bond acceptors (Lipinski definition) is 0. The summed E-state index contributed by atoms with van der Waals surface area (Å²) in [4.78, 5) is 0. The normalized spacial score (nSPS) is 13.4. The molecule has 1 aliphatic rings. The third kappa shape index (κ3) is 4.43. The van der Waals surface area contributed by atoms with E-state index in [4.69, 9.17) is 0 Å². The van der Waals surface area contributed by atoms with E-state index in [2.05, 4.69) is 84.4 Å². The number of hydrogen-bond donors (Lipinski definition) is 0. The number of rotatable bonds is 8. The van der Waals surface area contributed by atoms with Crippen molar-refractivity contribution in [2.24, 2.45) is 0 Å². The fourth-order valence-corrected chi connectivity index (χ4v) is 4.22. The smallest absolute Gasteiger partial charge is 0.0164 e. The van der Waals surface area contributed by atoms with E-state index in [0.717, 1.165) is 6.42 Å². The number of allylic oxidation sites excluding steroid dienone is 1. The van der Waals surface area contributed by atoms with Crippen LogP contribution in [0, 0.1) is 6.42 Å². The second-order valence-corrected chi connectivity index (χ2v) is 9.02. The van der Waals surface area contributed by atoms with E-state index < -0.39 is 0 Å². The van der Waals surface area contributed by atoms with Gasteiger partial charge in [0, 0.05) is 6.42 Å². The molecule has 0 saturated carbocycles. The quantitative estimate of drug-likeness (QED) is 0.434. The minimum absolute atomic E-state index is 0.547. The van der Waals surface area contributed by atoms with Gasteiger partial charge in [-0.1, -0.05) is 96.4 Å². The van der Waals surface area contributed by atoms with Crippen molar-refractivity contribution in [1.29, 1.82) is 0 Å². The molecular weight excluding hydrogens is 336 g/mol. The van der Waals surface area contributed by atoms with Gasteiger partial charge in [-0.05, 0) is 70.0 Å². The van der Waals surface area contributed by atoms with E-state index in [9.17, 15) is 0 Å². The van der Waals surface area contributed by atoms with Gasteiger partial charge >= 0.3 is 0 Å². The first-order chi connectivity index (χ1) is 13.4. The minimum atomic E-state index is 0.547. The Bertz CT molecular complexity index is 822. The van der Waals surface area contributed by atoms with Crippen LogP contribution in [0.4, 0.5) is 0 Å². The van der Waals surface area contributed by atoms with E-state index in [1.165, 1.54) is 70.2 Å². The fraction of sp³-hybridized carbons (Fsp3) is 0.464. The highest BCUT2D eigenvalue weighted by Crippen LogP contribution is 2.41. The van der Waals surface area contributed by atoms with Crippen molar-refractivity contribution in [3.63, 3.8) is 0 Å². The zero-order valence-electron chi connectivity index (χ0n) is 18.7. The van der Waals surface area contributed by atoms with Crippen LogP contribution in [0.25, 0.3) is 17.2 Å². The lowest BCUT2D eigenvalue weighted by Crippen LogP contribution is -1.99. The monoisotopic (exact) mass is 373 g/mol. The summed E-state index contributed by atoms with van der Waals surface area (Å²) in [5.74, 6) is 1.09. The van der Waals surface area contributed by atoms with Gasteiger partial charge in [0.1, 0.15) is 0 Å². The lowest BCUT2D eigenvalue weighted by molar-refractivity contribution is 0.797. The lowest BCUT2D eigenvalue weighted by atomic mass is 9.86. The summed E-state index contributed by atoms with van der Waals surface area (Å²) in [5, 5.41) is 0. The van der Waals surface area contributed by atoms with Gasteiger partial charge in [0.05, 0.1) is 0 Å². The largest absolute Gasteiger partial charge is 0.0654 e. The first kappa shape index (κ1) is 20.9. The Kier molecular flexibility index (Phi) is 6.81. The summed E-state index contributed by atoms with van der Waals surface area (Å²) >= 11 is 0. The van der Waals surface area contributed by atoms with Gasteiger partial charge in [0.25, 0.3) is 0 Å². The second-order valence-electron chi connectivity index (χ2n) is 9.02. The Labute approximate surface area is 173 Å². The van der Waals surface area contributed by atoms with Crippen molar-refractivity contribution in [2.75, 3.05) is 0 Å². The molecule has 2 aromatic carbocycles. The number of unbranched alkanes of at least 4 members (excludes halogenated alkanes) is 1. The minimum Gasteiger partial charge on any atom is -0.0654 e. The molecule has 0 bridgehead atoms. The summed E-state index contributed by atoms with van der Waals surface area (Å²) in [5.41, 5.74) is 11.7. The molecule has 0 aliphatic heterocycles. The molecule has 1 aliphatic carbocycles. The van der Waals surface area contributed by atoms with Gasteiger partial charge in [-0.15, -0.1) is 0 Å². The highest BCUT2D eigenvalue weighted by Gasteiger charge is 2.21. The third-order valence-electron chi connectivity index (χ3n) is 5.97. The Morgan fingerprint density at radius 1 is 0.786 bits per heavy atom. The topological polar surface area (TPSA) is 0 Å². The molecule has 0 amide bonds. The number of benzene rings is 2. The molecule has 2 aromatic rings. The van der Waals surface area contributed by atoms with Crippen LogP contribution in [0.3, 0.4) is 0 Å². The average molecular weight is 374 g/mol. The first-order valence-electron chi connectivity index (χ1n) is 11.3. The Morgan fingerprint density at radius 3 is 2.04 bits per heavy atom. The molecule has 0 fully saturated rings. The van der Waals surface area contributed by atoms with Crippen molar-refractivity contribution in [3.05, 3.63) is 70.1 Å². The van der Waals surface area contributed by atoms with Crippen molar-refractivity contribution in [2.45, 2.75) is 85.5 Å². The highest BCUT2D eigenvalue weighted by molar-refractivity contribution is 5.85. The third-order valence-corrected chi connectivity index (χ3v) is 5.97. The molecule has 1 radical (unpaired) electrons. The molecule has 0 N–H and O–H groups in total. The molecule has 0 spiro atoms. The van der Waals surface area contributed by atoms with Gasteiger partial charge in [0.2, 0.25) is 0 Å². The van der Waals surface area contributed by atoms with Crippen LogP contribution >= 0.6 is 0 Å². The van der Waals surface area contributed by atoms with Crippen LogP contribution in [0.15, 0.2) is 35.9 Å². The molecule has 0 saturated heterocycles. The van der Waals surface area contributed by atoms with Crippen molar-refractivity contribution < 1.29 is 0 Å². The van der Waals surface area contributed by atoms with Gasteiger partial charge in [-0.3, -0.25) is 0 Å². The van der Waals surface area contributed by atoms with E-state index in [-0.39, 0.29) is 0 Å². The maximum absolute atomic E-state index is 2.47. The van der Waals surface area contributed by atoms with Gasteiger partial charge in [-0.25, -0.2) is 0 Å². The molecule has 0 unspecified atom stereocenters. The maximum atomic E-state index is 2.47. The van der Waals surface area contributed by atoms with Gasteiger partial charge < -0.3 is 0 Å². The molecule has 0 aromatic heterocycles. The average Bonchev–Trinajstić information content (AvgIpc) is 3.08. The molecule has 0 nitrogen and oxygen atoms in total. The lowest BCUT2D eigenvalue weighted by Gasteiger charge is -2.19. The number of aryl methyl sites for hydroxylation is 1. The van der Waals surface area contributed by atoms with Gasteiger partial charge in [-0.2, -0.15) is 0 Å². The summed E-state index contributed by atoms with van der Waals surface area (Å²) in [6.07, 6.45) is 10.9. The summed E-state index contributed by atoms with van der Waals surface area (Å²) in [6.45, 7) is 13.8. The zero-order valence-corrected chi connectivity index (χ0v) is 18.7. The summed E-state index contributed by atoms with van der Waals surface area (Å²) in [7, 11) is 0. The first-order valence-corrected chi connectivity index (χ1v) is 11.3. The van der Waals surface area contributed by atoms with Crippen molar-refractivity contribution >= 4 is 6.08 Å². The molecular formula is C28H37.